The second-order valence-corrected chi connectivity index (χ2v) is 6.11. The minimum atomic E-state index is -0.925. The van der Waals surface area contributed by atoms with Gasteiger partial charge in [0, 0.05) is 6.04 Å². The van der Waals surface area contributed by atoms with Gasteiger partial charge in [-0.25, -0.2) is 13.2 Å². The third-order valence-corrected chi connectivity index (χ3v) is 4.94. The third-order valence-electron chi connectivity index (χ3n) is 3.24. The van der Waals surface area contributed by atoms with Crippen LogP contribution in [-0.2, 0) is 6.42 Å². The molecule has 2 rings (SSSR count). The average Bonchev–Trinajstić information content (AvgIpc) is 2.47. The zero-order valence-corrected chi connectivity index (χ0v) is 14.2. The van der Waals surface area contributed by atoms with E-state index in [4.69, 9.17) is 0 Å². The quantitative estimate of drug-likeness (QED) is 0.673. The van der Waals surface area contributed by atoms with Crippen LogP contribution in [0.3, 0.4) is 0 Å². The Morgan fingerprint density at radius 3 is 2.38 bits per heavy atom. The highest BCUT2D eigenvalue weighted by atomic mass is 79.9. The molecule has 0 fully saturated rings. The number of hydrogen-bond acceptors (Lipinski definition) is 1. The van der Waals surface area contributed by atoms with E-state index < -0.39 is 11.6 Å². The Morgan fingerprint density at radius 2 is 1.71 bits per heavy atom. The SMILES string of the molecule is CNC(Cc1cccc(F)c1Br)c1ccc(F)c(F)c1Br. The number of hydrogen-bond donors (Lipinski definition) is 1. The summed E-state index contributed by atoms with van der Waals surface area (Å²) in [5, 5.41) is 3.04. The lowest BCUT2D eigenvalue weighted by Crippen LogP contribution is -2.20. The predicted molar refractivity (Wildman–Crippen MR) is 83.7 cm³/mol. The van der Waals surface area contributed by atoms with Crippen molar-refractivity contribution in [2.75, 3.05) is 7.05 Å². The fourth-order valence-electron chi connectivity index (χ4n) is 2.10. The molecule has 2 aromatic carbocycles. The summed E-state index contributed by atoms with van der Waals surface area (Å²) in [6, 6.07) is 7.06. The van der Waals surface area contributed by atoms with E-state index in [9.17, 15) is 13.2 Å². The van der Waals surface area contributed by atoms with Crippen LogP contribution in [0, 0.1) is 17.5 Å². The largest absolute Gasteiger partial charge is 0.313 e. The van der Waals surface area contributed by atoms with Gasteiger partial charge in [0.05, 0.1) is 8.95 Å². The Kier molecular flexibility index (Phi) is 5.46. The van der Waals surface area contributed by atoms with Gasteiger partial charge in [-0.2, -0.15) is 0 Å². The number of likely N-dealkylation sites (N-methyl/N-ethyl adjacent to an activating group) is 1. The smallest absolute Gasteiger partial charge is 0.173 e. The van der Waals surface area contributed by atoms with Crippen LogP contribution >= 0.6 is 31.9 Å². The molecule has 112 valence electrons. The Hall–Kier alpha value is -0.850. The molecule has 0 saturated heterocycles. The van der Waals surface area contributed by atoms with Crippen molar-refractivity contribution < 1.29 is 13.2 Å². The van der Waals surface area contributed by atoms with Gasteiger partial charge in [0.15, 0.2) is 11.6 Å². The Morgan fingerprint density at radius 1 is 1.00 bits per heavy atom. The van der Waals surface area contributed by atoms with Gasteiger partial charge in [-0.05, 0) is 68.6 Å². The van der Waals surface area contributed by atoms with Gasteiger partial charge in [0.1, 0.15) is 5.82 Å². The molecule has 0 amide bonds. The first-order valence-corrected chi connectivity index (χ1v) is 7.77. The van der Waals surface area contributed by atoms with Crippen LogP contribution in [0.1, 0.15) is 17.2 Å². The van der Waals surface area contributed by atoms with Crippen molar-refractivity contribution in [3.05, 3.63) is 67.9 Å². The van der Waals surface area contributed by atoms with Crippen LogP contribution in [0.5, 0.6) is 0 Å². The van der Waals surface area contributed by atoms with E-state index in [0.29, 0.717) is 16.5 Å². The van der Waals surface area contributed by atoms with E-state index in [0.717, 1.165) is 11.6 Å². The summed E-state index contributed by atoms with van der Waals surface area (Å²) < 4.78 is 40.8. The first-order chi connectivity index (χ1) is 9.95. The van der Waals surface area contributed by atoms with Gasteiger partial charge in [-0.3, -0.25) is 0 Å². The maximum Gasteiger partial charge on any atom is 0.173 e. The van der Waals surface area contributed by atoms with Crippen molar-refractivity contribution >= 4 is 31.9 Å². The second-order valence-electron chi connectivity index (χ2n) is 4.52. The molecule has 0 saturated carbocycles. The van der Waals surface area contributed by atoms with Crippen molar-refractivity contribution in [1.82, 2.24) is 5.32 Å². The van der Waals surface area contributed by atoms with Crippen LogP contribution in [-0.4, -0.2) is 7.05 Å². The molecule has 0 aliphatic rings. The summed E-state index contributed by atoms with van der Waals surface area (Å²) in [4.78, 5) is 0. The lowest BCUT2D eigenvalue weighted by molar-refractivity contribution is 0.495. The summed E-state index contributed by atoms with van der Waals surface area (Å²) in [6.45, 7) is 0. The molecule has 0 aliphatic carbocycles. The van der Waals surface area contributed by atoms with E-state index in [1.54, 1.807) is 19.2 Å². The summed E-state index contributed by atoms with van der Waals surface area (Å²) >= 11 is 6.28. The number of benzene rings is 2. The van der Waals surface area contributed by atoms with Gasteiger partial charge in [0.25, 0.3) is 0 Å². The number of nitrogens with one attached hydrogen (secondary N) is 1. The van der Waals surface area contributed by atoms with E-state index in [1.807, 2.05) is 0 Å². The molecule has 2 aromatic rings. The molecule has 6 heteroatoms. The highest BCUT2D eigenvalue weighted by Crippen LogP contribution is 2.31. The third kappa shape index (κ3) is 3.49. The summed E-state index contributed by atoms with van der Waals surface area (Å²) in [5.74, 6) is -2.19. The van der Waals surface area contributed by atoms with Gasteiger partial charge < -0.3 is 5.32 Å². The van der Waals surface area contributed by atoms with Gasteiger partial charge in [-0.15, -0.1) is 0 Å². The Labute approximate surface area is 137 Å². The minimum Gasteiger partial charge on any atom is -0.313 e. The van der Waals surface area contributed by atoms with E-state index in [1.165, 1.54) is 12.1 Å². The first-order valence-electron chi connectivity index (χ1n) is 6.19. The molecule has 0 heterocycles. The standard InChI is InChI=1S/C15H12Br2F3N/c1-21-12(7-8-3-2-4-10(18)13(8)16)9-5-6-11(19)15(20)14(9)17/h2-6,12,21H,7H2,1H3. The zero-order valence-electron chi connectivity index (χ0n) is 11.1. The van der Waals surface area contributed by atoms with Crippen LogP contribution in [0.25, 0.3) is 0 Å². The van der Waals surface area contributed by atoms with Crippen LogP contribution in [0.4, 0.5) is 13.2 Å². The fourth-order valence-corrected chi connectivity index (χ4v) is 3.13. The van der Waals surface area contributed by atoms with Crippen LogP contribution in [0.15, 0.2) is 39.3 Å². The van der Waals surface area contributed by atoms with Crippen molar-refractivity contribution in [2.24, 2.45) is 0 Å². The van der Waals surface area contributed by atoms with Crippen LogP contribution < -0.4 is 5.32 Å². The van der Waals surface area contributed by atoms with E-state index in [2.05, 4.69) is 37.2 Å². The van der Waals surface area contributed by atoms with Crippen molar-refractivity contribution in [3.63, 3.8) is 0 Å². The molecule has 0 bridgehead atoms. The molecule has 1 N–H and O–H groups in total. The van der Waals surface area contributed by atoms with Crippen molar-refractivity contribution in [2.45, 2.75) is 12.5 Å². The molecule has 0 spiro atoms. The predicted octanol–water partition coefficient (Wildman–Crippen LogP) is 5.13. The maximum absolute atomic E-state index is 13.7. The molecule has 21 heavy (non-hydrogen) atoms. The summed E-state index contributed by atoms with van der Waals surface area (Å²) in [7, 11) is 1.71. The first kappa shape index (κ1) is 16.5. The zero-order chi connectivity index (χ0) is 15.6. The van der Waals surface area contributed by atoms with Gasteiger partial charge in [-0.1, -0.05) is 18.2 Å². The van der Waals surface area contributed by atoms with Crippen LogP contribution in [0.2, 0.25) is 0 Å². The summed E-state index contributed by atoms with van der Waals surface area (Å²) in [5.41, 5.74) is 1.32. The minimum absolute atomic E-state index is 0.0781. The number of halogens is 5. The van der Waals surface area contributed by atoms with Crippen molar-refractivity contribution in [3.8, 4) is 0 Å². The normalized spacial score (nSPS) is 12.5. The highest BCUT2D eigenvalue weighted by Gasteiger charge is 2.19. The molecular weight excluding hydrogens is 411 g/mol. The molecule has 0 aromatic heterocycles. The molecule has 0 radical (unpaired) electrons. The summed E-state index contributed by atoms with van der Waals surface area (Å²) in [6.07, 6.45) is 0.429. The molecule has 1 atom stereocenters. The topological polar surface area (TPSA) is 12.0 Å². The average molecular weight is 423 g/mol. The molecule has 1 unspecified atom stereocenters. The molecule has 0 aliphatic heterocycles. The molecule has 1 nitrogen and oxygen atoms in total. The Balaban J connectivity index is 2.37. The monoisotopic (exact) mass is 421 g/mol. The molecular formula is C15H12Br2F3N. The lowest BCUT2D eigenvalue weighted by atomic mass is 9.98. The maximum atomic E-state index is 13.7. The van der Waals surface area contributed by atoms with Gasteiger partial charge >= 0.3 is 0 Å². The van der Waals surface area contributed by atoms with E-state index in [-0.39, 0.29) is 16.3 Å². The lowest BCUT2D eigenvalue weighted by Gasteiger charge is -2.19. The van der Waals surface area contributed by atoms with Gasteiger partial charge in [0.2, 0.25) is 0 Å². The second kappa shape index (κ2) is 6.94. The fraction of sp³-hybridized carbons (Fsp3) is 0.200. The highest BCUT2D eigenvalue weighted by molar-refractivity contribution is 9.10. The van der Waals surface area contributed by atoms with E-state index >= 15 is 0 Å². The van der Waals surface area contributed by atoms with Crippen molar-refractivity contribution in [1.29, 1.82) is 0 Å². The Bertz CT molecular complexity index is 662. The number of rotatable bonds is 4.